The smallest absolute Gasteiger partial charge is 0.255 e. The molecule has 1 atom stereocenters. The first-order valence-electron chi connectivity index (χ1n) is 14.4. The SMILES string of the molecule is Cc1cccc(-c2ccc(Cn3cncc3CNC3CCOc4c(C(=O)NCc5ccncc5)cccc43)cc2)c1C. The summed E-state index contributed by atoms with van der Waals surface area (Å²) < 4.78 is 8.21. The van der Waals surface area contributed by atoms with Gasteiger partial charge in [-0.2, -0.15) is 0 Å². The largest absolute Gasteiger partial charge is 0.492 e. The van der Waals surface area contributed by atoms with E-state index in [1.165, 1.54) is 27.8 Å². The van der Waals surface area contributed by atoms with E-state index in [2.05, 4.69) is 81.5 Å². The van der Waals surface area contributed by atoms with Gasteiger partial charge in [-0.15, -0.1) is 0 Å². The molecule has 42 heavy (non-hydrogen) atoms. The summed E-state index contributed by atoms with van der Waals surface area (Å²) in [5, 5.41) is 6.70. The minimum atomic E-state index is -0.147. The number of nitrogens with zero attached hydrogens (tertiary/aromatic N) is 3. The Morgan fingerprint density at radius 1 is 0.929 bits per heavy atom. The Bertz CT molecular complexity index is 1680. The summed E-state index contributed by atoms with van der Waals surface area (Å²) in [6, 6.07) is 24.9. The van der Waals surface area contributed by atoms with Crippen LogP contribution in [0.25, 0.3) is 11.1 Å². The van der Waals surface area contributed by atoms with Gasteiger partial charge in [-0.3, -0.25) is 9.78 Å². The predicted octanol–water partition coefficient (Wildman–Crippen LogP) is 6.15. The number of amides is 1. The quantitative estimate of drug-likeness (QED) is 0.227. The number of hydrogen-bond acceptors (Lipinski definition) is 5. The van der Waals surface area contributed by atoms with Gasteiger partial charge in [0.15, 0.2) is 0 Å². The lowest BCUT2D eigenvalue weighted by Crippen LogP contribution is -2.30. The van der Waals surface area contributed by atoms with Gasteiger partial charge in [-0.25, -0.2) is 4.98 Å². The molecule has 1 amide bonds. The number of carbonyl (C=O) groups excluding carboxylic acids is 1. The molecule has 0 fully saturated rings. The Hall–Kier alpha value is -4.75. The number of rotatable bonds is 9. The van der Waals surface area contributed by atoms with E-state index in [1.807, 2.05) is 42.9 Å². The van der Waals surface area contributed by atoms with E-state index in [-0.39, 0.29) is 11.9 Å². The van der Waals surface area contributed by atoms with Crippen LogP contribution in [0.1, 0.15) is 56.3 Å². The van der Waals surface area contributed by atoms with Crippen LogP contribution in [0.4, 0.5) is 0 Å². The third-order valence-electron chi connectivity index (χ3n) is 8.07. The number of carbonyl (C=O) groups is 1. The highest BCUT2D eigenvalue weighted by molar-refractivity contribution is 5.97. The van der Waals surface area contributed by atoms with Crippen LogP contribution in [0.3, 0.4) is 0 Å². The molecular formula is C35H35N5O2. The zero-order valence-corrected chi connectivity index (χ0v) is 24.0. The van der Waals surface area contributed by atoms with Crippen molar-refractivity contribution in [3.05, 3.63) is 137 Å². The van der Waals surface area contributed by atoms with Crippen LogP contribution in [0.15, 0.2) is 97.7 Å². The minimum absolute atomic E-state index is 0.0712. The molecule has 5 aromatic rings. The number of aromatic nitrogens is 3. The van der Waals surface area contributed by atoms with Crippen molar-refractivity contribution in [3.63, 3.8) is 0 Å². The summed E-state index contributed by atoms with van der Waals surface area (Å²) >= 11 is 0. The van der Waals surface area contributed by atoms with Gasteiger partial charge in [-0.05, 0) is 65.4 Å². The Labute approximate surface area is 246 Å². The second-order valence-corrected chi connectivity index (χ2v) is 10.8. The van der Waals surface area contributed by atoms with Crippen LogP contribution in [-0.2, 0) is 19.6 Å². The van der Waals surface area contributed by atoms with Gasteiger partial charge in [0.2, 0.25) is 0 Å². The lowest BCUT2D eigenvalue weighted by atomic mass is 9.96. The second-order valence-electron chi connectivity index (χ2n) is 10.8. The highest BCUT2D eigenvalue weighted by atomic mass is 16.5. The van der Waals surface area contributed by atoms with Gasteiger partial charge in [0, 0.05) is 56.3 Å². The highest BCUT2D eigenvalue weighted by Crippen LogP contribution is 2.35. The molecule has 212 valence electrons. The fraction of sp³-hybridized carbons (Fsp3) is 0.229. The summed E-state index contributed by atoms with van der Waals surface area (Å²) in [4.78, 5) is 21.5. The van der Waals surface area contributed by atoms with Crippen LogP contribution < -0.4 is 15.4 Å². The zero-order valence-electron chi connectivity index (χ0n) is 24.0. The van der Waals surface area contributed by atoms with E-state index in [0.29, 0.717) is 31.0 Å². The summed E-state index contributed by atoms with van der Waals surface area (Å²) in [6.45, 7) is 6.72. The molecule has 2 aromatic heterocycles. The fourth-order valence-corrected chi connectivity index (χ4v) is 5.51. The molecule has 1 unspecified atom stereocenters. The fourth-order valence-electron chi connectivity index (χ4n) is 5.51. The van der Waals surface area contributed by atoms with Crippen molar-refractivity contribution in [2.75, 3.05) is 6.61 Å². The van der Waals surface area contributed by atoms with E-state index in [4.69, 9.17) is 4.74 Å². The highest BCUT2D eigenvalue weighted by Gasteiger charge is 2.26. The lowest BCUT2D eigenvalue weighted by Gasteiger charge is -2.28. The standard InChI is InChI=1S/C35H35N5O2/c1-24-5-3-6-30(25(24)2)28-11-9-27(10-12-28)22-40-23-37-20-29(40)21-38-33-15-18-42-34-31(33)7-4-8-32(34)35(41)39-19-26-13-16-36-17-14-26/h3-14,16-17,20,23,33,38H,15,18-19,21-22H2,1-2H3,(H,39,41). The Morgan fingerprint density at radius 3 is 2.57 bits per heavy atom. The number of imidazole rings is 1. The number of aryl methyl sites for hydroxylation is 1. The van der Waals surface area contributed by atoms with E-state index < -0.39 is 0 Å². The van der Waals surface area contributed by atoms with Crippen LogP contribution >= 0.6 is 0 Å². The van der Waals surface area contributed by atoms with Gasteiger partial charge < -0.3 is 19.9 Å². The van der Waals surface area contributed by atoms with Gasteiger partial charge in [0.1, 0.15) is 5.75 Å². The van der Waals surface area contributed by atoms with Crippen molar-refractivity contribution >= 4 is 5.91 Å². The molecule has 1 aliphatic rings. The third-order valence-corrected chi connectivity index (χ3v) is 8.07. The maximum Gasteiger partial charge on any atom is 0.255 e. The molecule has 7 nitrogen and oxygen atoms in total. The lowest BCUT2D eigenvalue weighted by molar-refractivity contribution is 0.0945. The van der Waals surface area contributed by atoms with Crippen LogP contribution in [0, 0.1) is 13.8 Å². The molecule has 0 bridgehead atoms. The number of hydrogen-bond donors (Lipinski definition) is 2. The van der Waals surface area contributed by atoms with Gasteiger partial charge in [0.05, 0.1) is 24.2 Å². The van der Waals surface area contributed by atoms with Crippen molar-refractivity contribution < 1.29 is 9.53 Å². The molecule has 2 N–H and O–H groups in total. The van der Waals surface area contributed by atoms with Crippen molar-refractivity contribution in [1.29, 1.82) is 0 Å². The molecule has 1 aliphatic heterocycles. The zero-order chi connectivity index (χ0) is 28.9. The molecular weight excluding hydrogens is 522 g/mol. The maximum absolute atomic E-state index is 13.1. The average Bonchev–Trinajstić information content (AvgIpc) is 3.47. The van der Waals surface area contributed by atoms with Gasteiger partial charge in [0.25, 0.3) is 5.91 Å². The van der Waals surface area contributed by atoms with E-state index >= 15 is 0 Å². The van der Waals surface area contributed by atoms with E-state index in [9.17, 15) is 4.79 Å². The molecule has 7 heteroatoms. The minimum Gasteiger partial charge on any atom is -0.492 e. The van der Waals surface area contributed by atoms with Gasteiger partial charge >= 0.3 is 0 Å². The Kier molecular flexibility index (Phi) is 8.10. The second kappa shape index (κ2) is 12.4. The summed E-state index contributed by atoms with van der Waals surface area (Å²) in [5.74, 6) is 0.511. The molecule has 0 saturated carbocycles. The Morgan fingerprint density at radius 2 is 1.74 bits per heavy atom. The first-order chi connectivity index (χ1) is 20.6. The van der Waals surface area contributed by atoms with E-state index in [1.54, 1.807) is 12.4 Å². The number of para-hydroxylation sites is 1. The van der Waals surface area contributed by atoms with Crippen molar-refractivity contribution in [3.8, 4) is 16.9 Å². The monoisotopic (exact) mass is 557 g/mol. The summed E-state index contributed by atoms with van der Waals surface area (Å²) in [6.07, 6.45) is 8.07. The molecule has 3 aromatic carbocycles. The number of benzene rings is 3. The Balaban J connectivity index is 1.11. The average molecular weight is 558 g/mol. The molecule has 0 saturated heterocycles. The van der Waals surface area contributed by atoms with Gasteiger partial charge in [-0.1, -0.05) is 54.6 Å². The van der Waals surface area contributed by atoms with Crippen molar-refractivity contribution in [2.24, 2.45) is 0 Å². The summed E-state index contributed by atoms with van der Waals surface area (Å²) in [7, 11) is 0. The number of fused-ring (bicyclic) bond motifs is 1. The molecule has 6 rings (SSSR count). The first kappa shape index (κ1) is 27.4. The molecule has 3 heterocycles. The number of pyridine rings is 1. The topological polar surface area (TPSA) is 81.1 Å². The molecule has 0 spiro atoms. The van der Waals surface area contributed by atoms with Crippen LogP contribution in [0.5, 0.6) is 5.75 Å². The van der Waals surface area contributed by atoms with Crippen LogP contribution in [0.2, 0.25) is 0 Å². The predicted molar refractivity (Wildman–Crippen MR) is 164 cm³/mol. The molecule has 0 radical (unpaired) electrons. The maximum atomic E-state index is 13.1. The normalized spacial score (nSPS) is 14.2. The van der Waals surface area contributed by atoms with Crippen molar-refractivity contribution in [2.45, 2.75) is 45.9 Å². The first-order valence-corrected chi connectivity index (χ1v) is 14.4. The van der Waals surface area contributed by atoms with E-state index in [0.717, 1.165) is 29.8 Å². The number of nitrogens with one attached hydrogen (secondary N) is 2. The third kappa shape index (κ3) is 5.97. The van der Waals surface area contributed by atoms with Crippen LogP contribution in [-0.4, -0.2) is 27.0 Å². The molecule has 0 aliphatic carbocycles. The van der Waals surface area contributed by atoms with Crippen molar-refractivity contribution in [1.82, 2.24) is 25.2 Å². The number of ether oxygens (including phenoxy) is 1. The summed E-state index contributed by atoms with van der Waals surface area (Å²) in [5.41, 5.74) is 10.0.